The molecule has 1 atom stereocenters. The Kier molecular flexibility index (Phi) is 5.61. The summed E-state index contributed by atoms with van der Waals surface area (Å²) in [7, 11) is 0. The topological polar surface area (TPSA) is 92.4 Å². The Morgan fingerprint density at radius 1 is 1.18 bits per heavy atom. The molecular weight excluding hydrogens is 220 g/mol. The van der Waals surface area contributed by atoms with Gasteiger partial charge in [-0.1, -0.05) is 20.8 Å². The van der Waals surface area contributed by atoms with Gasteiger partial charge in [0.15, 0.2) is 0 Å². The summed E-state index contributed by atoms with van der Waals surface area (Å²) in [6.45, 7) is 7.33. The van der Waals surface area contributed by atoms with Gasteiger partial charge < -0.3 is 16.2 Å². The first-order valence-corrected chi connectivity index (χ1v) is 6.08. The Bertz CT molecular complexity index is 281. The molecule has 0 rings (SSSR count). The van der Waals surface area contributed by atoms with Crippen LogP contribution in [-0.4, -0.2) is 29.1 Å². The van der Waals surface area contributed by atoms with Crippen molar-refractivity contribution in [1.82, 2.24) is 5.32 Å². The number of carbonyl (C=O) groups is 2. The molecule has 0 heterocycles. The van der Waals surface area contributed by atoms with Gasteiger partial charge in [0.05, 0.1) is 5.41 Å². The molecule has 0 saturated heterocycles. The molecule has 5 nitrogen and oxygen atoms in total. The Hall–Kier alpha value is -1.10. The molecule has 0 fully saturated rings. The molecule has 4 N–H and O–H groups in total. The van der Waals surface area contributed by atoms with Crippen molar-refractivity contribution in [3.63, 3.8) is 0 Å². The fraction of sp³-hybridized carbons (Fsp3) is 0.833. The van der Waals surface area contributed by atoms with E-state index in [9.17, 15) is 14.7 Å². The van der Waals surface area contributed by atoms with E-state index in [0.29, 0.717) is 19.3 Å². The number of nitrogens with one attached hydrogen (secondary N) is 1. The number of rotatable bonds is 7. The molecule has 0 aliphatic heterocycles. The van der Waals surface area contributed by atoms with Gasteiger partial charge in [-0.15, -0.1) is 0 Å². The van der Waals surface area contributed by atoms with Crippen LogP contribution in [-0.2, 0) is 9.59 Å². The lowest BCUT2D eigenvalue weighted by Gasteiger charge is -2.33. The van der Waals surface area contributed by atoms with E-state index < -0.39 is 16.9 Å². The van der Waals surface area contributed by atoms with Gasteiger partial charge in [-0.3, -0.25) is 4.79 Å². The van der Waals surface area contributed by atoms with Gasteiger partial charge in [0.1, 0.15) is 5.54 Å². The number of hydrogen-bond acceptors (Lipinski definition) is 3. The summed E-state index contributed by atoms with van der Waals surface area (Å²) in [5.41, 5.74) is 3.71. The average Bonchev–Trinajstić information content (AvgIpc) is 2.34. The number of carbonyl (C=O) groups excluding carboxylic acids is 1. The number of carboxylic acids is 1. The molecule has 0 radical (unpaired) electrons. The molecule has 0 spiro atoms. The Morgan fingerprint density at radius 2 is 1.65 bits per heavy atom. The third kappa shape index (κ3) is 3.19. The normalized spacial score (nSPS) is 15.1. The minimum absolute atomic E-state index is 0.207. The molecule has 100 valence electrons. The fourth-order valence-corrected chi connectivity index (χ4v) is 1.55. The summed E-state index contributed by atoms with van der Waals surface area (Å²) in [5, 5.41) is 11.9. The second kappa shape index (κ2) is 6.00. The monoisotopic (exact) mass is 244 g/mol. The lowest BCUT2D eigenvalue weighted by molar-refractivity contribution is -0.150. The maximum atomic E-state index is 12.1. The van der Waals surface area contributed by atoms with Gasteiger partial charge in [-0.25, -0.2) is 4.79 Å². The molecule has 0 saturated carbocycles. The van der Waals surface area contributed by atoms with Crippen LogP contribution in [0.3, 0.4) is 0 Å². The van der Waals surface area contributed by atoms with Crippen molar-refractivity contribution < 1.29 is 14.7 Å². The quantitative estimate of drug-likeness (QED) is 0.625. The standard InChI is InChI=1S/C12H24N2O3/c1-5-11(4,8-13)9(15)14-12(6-2,7-3)10(16)17/h5-8,13H2,1-4H3,(H,14,15)(H,16,17). The van der Waals surface area contributed by atoms with E-state index in [0.717, 1.165) is 0 Å². The first kappa shape index (κ1) is 15.9. The smallest absolute Gasteiger partial charge is 0.329 e. The molecule has 1 amide bonds. The minimum atomic E-state index is -1.18. The number of hydrogen-bond donors (Lipinski definition) is 3. The molecule has 17 heavy (non-hydrogen) atoms. The summed E-state index contributed by atoms with van der Waals surface area (Å²) in [4.78, 5) is 23.4. The zero-order valence-corrected chi connectivity index (χ0v) is 11.2. The van der Waals surface area contributed by atoms with Gasteiger partial charge in [0.2, 0.25) is 5.91 Å². The highest BCUT2D eigenvalue weighted by Crippen LogP contribution is 2.23. The Labute approximate surface area is 103 Å². The van der Waals surface area contributed by atoms with Crippen LogP contribution >= 0.6 is 0 Å². The van der Waals surface area contributed by atoms with Crippen LogP contribution in [0.5, 0.6) is 0 Å². The molecule has 0 aromatic rings. The average molecular weight is 244 g/mol. The fourth-order valence-electron chi connectivity index (χ4n) is 1.55. The molecular formula is C12H24N2O3. The van der Waals surface area contributed by atoms with Crippen LogP contribution in [0.25, 0.3) is 0 Å². The van der Waals surface area contributed by atoms with Crippen molar-refractivity contribution in [3.05, 3.63) is 0 Å². The van der Waals surface area contributed by atoms with E-state index >= 15 is 0 Å². The van der Waals surface area contributed by atoms with Crippen LogP contribution in [0.2, 0.25) is 0 Å². The summed E-state index contributed by atoms with van der Waals surface area (Å²) in [5.74, 6) is -1.28. The lowest BCUT2D eigenvalue weighted by Crippen LogP contribution is -2.58. The first-order chi connectivity index (χ1) is 7.81. The predicted molar refractivity (Wildman–Crippen MR) is 66.5 cm³/mol. The maximum absolute atomic E-state index is 12.1. The predicted octanol–water partition coefficient (Wildman–Crippen LogP) is 1.12. The van der Waals surface area contributed by atoms with Crippen LogP contribution in [0, 0.1) is 5.41 Å². The Morgan fingerprint density at radius 3 is 1.88 bits per heavy atom. The van der Waals surface area contributed by atoms with Crippen molar-refractivity contribution in [2.45, 2.75) is 52.5 Å². The van der Waals surface area contributed by atoms with E-state index in [4.69, 9.17) is 5.73 Å². The van der Waals surface area contributed by atoms with Crippen molar-refractivity contribution in [1.29, 1.82) is 0 Å². The number of nitrogens with two attached hydrogens (primary N) is 1. The van der Waals surface area contributed by atoms with Gasteiger partial charge in [0, 0.05) is 6.54 Å². The maximum Gasteiger partial charge on any atom is 0.329 e. The molecule has 0 aromatic carbocycles. The second-order valence-corrected chi connectivity index (χ2v) is 4.67. The highest BCUT2D eigenvalue weighted by molar-refractivity contribution is 5.89. The van der Waals surface area contributed by atoms with Gasteiger partial charge in [0.25, 0.3) is 0 Å². The first-order valence-electron chi connectivity index (χ1n) is 6.08. The second-order valence-electron chi connectivity index (χ2n) is 4.67. The summed E-state index contributed by atoms with van der Waals surface area (Å²) in [6.07, 6.45) is 1.29. The zero-order valence-electron chi connectivity index (χ0n) is 11.2. The Balaban J connectivity index is 5.03. The molecule has 5 heteroatoms. The SMILES string of the molecule is CCC(C)(CN)C(=O)NC(CC)(CC)C(=O)O. The van der Waals surface area contributed by atoms with E-state index in [1.54, 1.807) is 20.8 Å². The minimum Gasteiger partial charge on any atom is -0.480 e. The van der Waals surface area contributed by atoms with E-state index in [2.05, 4.69) is 5.32 Å². The molecule has 0 aromatic heterocycles. The molecule has 0 aliphatic rings. The van der Waals surface area contributed by atoms with Crippen molar-refractivity contribution in [2.75, 3.05) is 6.54 Å². The van der Waals surface area contributed by atoms with Crippen LogP contribution in [0.4, 0.5) is 0 Å². The zero-order chi connectivity index (χ0) is 13.7. The lowest BCUT2D eigenvalue weighted by atomic mass is 9.84. The number of carboxylic acid groups (broad SMARTS) is 1. The highest BCUT2D eigenvalue weighted by atomic mass is 16.4. The van der Waals surface area contributed by atoms with E-state index in [-0.39, 0.29) is 12.5 Å². The molecule has 1 unspecified atom stereocenters. The van der Waals surface area contributed by atoms with Crippen molar-refractivity contribution in [3.8, 4) is 0 Å². The largest absolute Gasteiger partial charge is 0.480 e. The van der Waals surface area contributed by atoms with E-state index in [1.165, 1.54) is 0 Å². The molecule has 0 bridgehead atoms. The van der Waals surface area contributed by atoms with Gasteiger partial charge in [-0.2, -0.15) is 0 Å². The van der Waals surface area contributed by atoms with E-state index in [1.807, 2.05) is 6.92 Å². The third-order valence-corrected chi connectivity index (χ3v) is 3.75. The number of aliphatic carboxylic acids is 1. The van der Waals surface area contributed by atoms with Crippen molar-refractivity contribution >= 4 is 11.9 Å². The number of amides is 1. The summed E-state index contributed by atoms with van der Waals surface area (Å²) >= 11 is 0. The summed E-state index contributed by atoms with van der Waals surface area (Å²) < 4.78 is 0. The van der Waals surface area contributed by atoms with Gasteiger partial charge >= 0.3 is 5.97 Å². The highest BCUT2D eigenvalue weighted by Gasteiger charge is 2.40. The van der Waals surface area contributed by atoms with Crippen LogP contribution in [0.1, 0.15) is 47.0 Å². The van der Waals surface area contributed by atoms with Gasteiger partial charge in [-0.05, 0) is 26.2 Å². The van der Waals surface area contributed by atoms with Crippen LogP contribution in [0.15, 0.2) is 0 Å². The third-order valence-electron chi connectivity index (χ3n) is 3.75. The summed E-state index contributed by atoms with van der Waals surface area (Å²) in [6, 6.07) is 0. The van der Waals surface area contributed by atoms with Crippen molar-refractivity contribution in [2.24, 2.45) is 11.1 Å². The van der Waals surface area contributed by atoms with Crippen LogP contribution < -0.4 is 11.1 Å². The molecule has 0 aliphatic carbocycles.